The van der Waals surface area contributed by atoms with E-state index in [1.165, 1.54) is 0 Å². The molecule has 3 rings (SSSR count). The molecular weight excluding hydrogens is 208 g/mol. The van der Waals surface area contributed by atoms with Gasteiger partial charge < -0.3 is 10.6 Å². The van der Waals surface area contributed by atoms with Crippen molar-refractivity contribution >= 4 is 17.2 Å². The fourth-order valence-corrected chi connectivity index (χ4v) is 3.28. The number of amides is 1. The highest BCUT2D eigenvalue weighted by Crippen LogP contribution is 2.41. The number of nitrogens with one attached hydrogen (secondary N) is 2. The van der Waals surface area contributed by atoms with Crippen molar-refractivity contribution in [3.05, 3.63) is 21.9 Å². The van der Waals surface area contributed by atoms with Crippen LogP contribution in [0.4, 0.5) is 0 Å². The predicted molar refractivity (Wildman–Crippen MR) is 60.2 cm³/mol. The average molecular weight is 222 g/mol. The maximum Gasteiger partial charge on any atom is 0.252 e. The van der Waals surface area contributed by atoms with Gasteiger partial charge in [-0.3, -0.25) is 4.79 Å². The summed E-state index contributed by atoms with van der Waals surface area (Å²) in [6, 6.07) is 0.429. The summed E-state index contributed by atoms with van der Waals surface area (Å²) in [7, 11) is 0. The molecule has 1 aliphatic carbocycles. The van der Waals surface area contributed by atoms with Crippen molar-refractivity contribution in [1.29, 1.82) is 0 Å². The summed E-state index contributed by atoms with van der Waals surface area (Å²) in [5.74, 6) is 1.48. The van der Waals surface area contributed by atoms with Crippen LogP contribution in [0.3, 0.4) is 0 Å². The third kappa shape index (κ3) is 1.48. The molecule has 2 atom stereocenters. The van der Waals surface area contributed by atoms with Gasteiger partial charge in [0.25, 0.3) is 5.91 Å². The zero-order valence-electron chi connectivity index (χ0n) is 8.62. The highest BCUT2D eigenvalue weighted by molar-refractivity contribution is 7.08. The fraction of sp³-hybridized carbons (Fsp3) is 0.545. The van der Waals surface area contributed by atoms with Crippen LogP contribution in [0.5, 0.6) is 0 Å². The van der Waals surface area contributed by atoms with E-state index in [0.29, 0.717) is 17.9 Å². The van der Waals surface area contributed by atoms with Gasteiger partial charge in [-0.05, 0) is 29.7 Å². The van der Waals surface area contributed by atoms with Gasteiger partial charge in [0.1, 0.15) is 0 Å². The number of piperidine rings is 1. The summed E-state index contributed by atoms with van der Waals surface area (Å²) in [5.41, 5.74) is 1.93. The lowest BCUT2D eigenvalue weighted by Crippen LogP contribution is -2.32. The third-order valence-corrected chi connectivity index (χ3v) is 4.35. The van der Waals surface area contributed by atoms with Gasteiger partial charge in [-0.2, -0.15) is 11.3 Å². The van der Waals surface area contributed by atoms with Crippen molar-refractivity contribution in [2.24, 2.45) is 11.8 Å². The lowest BCUT2D eigenvalue weighted by Gasteiger charge is -2.07. The Morgan fingerprint density at radius 2 is 2.20 bits per heavy atom. The smallest absolute Gasteiger partial charge is 0.252 e. The molecule has 80 valence electrons. The molecule has 0 radical (unpaired) electrons. The van der Waals surface area contributed by atoms with Gasteiger partial charge in [0, 0.05) is 24.5 Å². The lowest BCUT2D eigenvalue weighted by molar-refractivity contribution is 0.0946. The van der Waals surface area contributed by atoms with Gasteiger partial charge in [-0.1, -0.05) is 0 Å². The van der Waals surface area contributed by atoms with E-state index in [-0.39, 0.29) is 5.91 Å². The molecule has 1 aromatic rings. The quantitative estimate of drug-likeness (QED) is 0.784. The van der Waals surface area contributed by atoms with Gasteiger partial charge in [-0.25, -0.2) is 0 Å². The van der Waals surface area contributed by atoms with Crippen LogP contribution in [-0.4, -0.2) is 25.0 Å². The predicted octanol–water partition coefficient (Wildman–Crippen LogP) is 1.00. The number of carbonyl (C=O) groups is 1. The molecule has 1 saturated carbocycles. The number of fused-ring (bicyclic) bond motifs is 1. The zero-order chi connectivity index (χ0) is 10.4. The average Bonchev–Trinajstić information content (AvgIpc) is 2.66. The highest BCUT2D eigenvalue weighted by Gasteiger charge is 2.53. The molecule has 0 aromatic carbocycles. The molecular formula is C11H14N2OS. The monoisotopic (exact) mass is 222 g/mol. The minimum atomic E-state index is 0.105. The highest BCUT2D eigenvalue weighted by atomic mass is 32.1. The van der Waals surface area contributed by atoms with Crippen LogP contribution in [0.25, 0.3) is 0 Å². The molecule has 1 aliphatic heterocycles. The Morgan fingerprint density at radius 3 is 2.80 bits per heavy atom. The Morgan fingerprint density at radius 1 is 1.47 bits per heavy atom. The first-order chi connectivity index (χ1) is 7.27. The molecule has 2 unspecified atom stereocenters. The Labute approximate surface area is 92.9 Å². The summed E-state index contributed by atoms with van der Waals surface area (Å²) >= 11 is 1.59. The van der Waals surface area contributed by atoms with Gasteiger partial charge >= 0.3 is 0 Å². The van der Waals surface area contributed by atoms with Crippen molar-refractivity contribution in [2.75, 3.05) is 13.1 Å². The first-order valence-electron chi connectivity index (χ1n) is 5.32. The second-order valence-corrected chi connectivity index (χ2v) is 5.20. The number of thiophene rings is 1. The Hall–Kier alpha value is -0.870. The summed E-state index contributed by atoms with van der Waals surface area (Å²) < 4.78 is 0. The summed E-state index contributed by atoms with van der Waals surface area (Å²) in [5, 5.41) is 10.4. The lowest BCUT2D eigenvalue weighted by atomic mass is 10.2. The van der Waals surface area contributed by atoms with E-state index < -0.39 is 0 Å². The van der Waals surface area contributed by atoms with Crippen LogP contribution in [0.2, 0.25) is 0 Å². The van der Waals surface area contributed by atoms with Gasteiger partial charge in [0.15, 0.2) is 0 Å². The van der Waals surface area contributed by atoms with Crippen molar-refractivity contribution in [3.8, 4) is 0 Å². The first-order valence-corrected chi connectivity index (χ1v) is 6.26. The second-order valence-electron chi connectivity index (χ2n) is 4.45. The Kier molecular flexibility index (Phi) is 2.07. The summed E-state index contributed by atoms with van der Waals surface area (Å²) in [6.45, 7) is 4.12. The number of rotatable bonds is 2. The minimum absolute atomic E-state index is 0.105. The molecule has 0 bridgehead atoms. The summed E-state index contributed by atoms with van der Waals surface area (Å²) in [6.07, 6.45) is 0. The van der Waals surface area contributed by atoms with Gasteiger partial charge in [-0.15, -0.1) is 0 Å². The number of hydrogen-bond acceptors (Lipinski definition) is 3. The van der Waals surface area contributed by atoms with E-state index >= 15 is 0 Å². The largest absolute Gasteiger partial charge is 0.349 e. The SMILES string of the molecule is Cc1cscc1C(=O)NC1C2CNCC21. The molecule has 2 heterocycles. The van der Waals surface area contributed by atoms with Crippen molar-refractivity contribution in [1.82, 2.24) is 10.6 Å². The minimum Gasteiger partial charge on any atom is -0.349 e. The molecule has 3 nitrogen and oxygen atoms in total. The van der Waals surface area contributed by atoms with Crippen molar-refractivity contribution in [2.45, 2.75) is 13.0 Å². The molecule has 15 heavy (non-hydrogen) atoms. The third-order valence-electron chi connectivity index (χ3n) is 3.49. The number of hydrogen-bond donors (Lipinski definition) is 2. The fourth-order valence-electron chi connectivity index (χ4n) is 2.45. The van der Waals surface area contributed by atoms with E-state index in [1.54, 1.807) is 11.3 Å². The molecule has 2 aliphatic rings. The number of aryl methyl sites for hydroxylation is 1. The van der Waals surface area contributed by atoms with E-state index in [9.17, 15) is 4.79 Å². The van der Waals surface area contributed by atoms with Crippen LogP contribution >= 0.6 is 11.3 Å². The standard InChI is InChI=1S/C11H14N2OS/c1-6-4-15-5-9(6)11(14)13-10-7-2-12-3-8(7)10/h4-5,7-8,10,12H,2-3H2,1H3,(H,13,14). The Bertz CT molecular complexity index is 391. The van der Waals surface area contributed by atoms with Crippen LogP contribution < -0.4 is 10.6 Å². The van der Waals surface area contributed by atoms with Crippen LogP contribution in [0.15, 0.2) is 10.8 Å². The first kappa shape index (κ1) is 9.36. The Balaban J connectivity index is 1.65. The van der Waals surface area contributed by atoms with Crippen LogP contribution in [0, 0.1) is 18.8 Å². The van der Waals surface area contributed by atoms with Crippen LogP contribution in [0.1, 0.15) is 15.9 Å². The van der Waals surface area contributed by atoms with E-state index in [2.05, 4.69) is 10.6 Å². The summed E-state index contributed by atoms with van der Waals surface area (Å²) in [4.78, 5) is 11.9. The molecule has 2 N–H and O–H groups in total. The normalized spacial score (nSPS) is 32.5. The number of carbonyl (C=O) groups excluding carboxylic acids is 1. The topological polar surface area (TPSA) is 41.1 Å². The maximum atomic E-state index is 11.9. The van der Waals surface area contributed by atoms with Gasteiger partial charge in [0.2, 0.25) is 0 Å². The molecule has 4 heteroatoms. The molecule has 1 amide bonds. The van der Waals surface area contributed by atoms with E-state index in [4.69, 9.17) is 0 Å². The maximum absolute atomic E-state index is 11.9. The second kappa shape index (κ2) is 3.32. The van der Waals surface area contributed by atoms with Gasteiger partial charge in [0.05, 0.1) is 5.56 Å². The molecule has 0 spiro atoms. The molecule has 2 fully saturated rings. The zero-order valence-corrected chi connectivity index (χ0v) is 9.43. The van der Waals surface area contributed by atoms with Crippen molar-refractivity contribution in [3.63, 3.8) is 0 Å². The van der Waals surface area contributed by atoms with E-state index in [0.717, 1.165) is 24.2 Å². The van der Waals surface area contributed by atoms with Crippen molar-refractivity contribution < 1.29 is 4.79 Å². The van der Waals surface area contributed by atoms with Crippen LogP contribution in [-0.2, 0) is 0 Å². The van der Waals surface area contributed by atoms with E-state index in [1.807, 2.05) is 17.7 Å². The molecule has 1 aromatic heterocycles. The molecule has 1 saturated heterocycles.